The highest BCUT2D eigenvalue weighted by Gasteiger charge is 2.35. The third-order valence-corrected chi connectivity index (χ3v) is 3.89. The average Bonchev–Trinajstić information content (AvgIpc) is 2.83. The molecule has 1 N–H and O–H groups in total. The predicted octanol–water partition coefficient (Wildman–Crippen LogP) is 2.67. The van der Waals surface area contributed by atoms with Crippen molar-refractivity contribution in [2.75, 3.05) is 7.05 Å². The van der Waals surface area contributed by atoms with E-state index in [9.17, 15) is 14.7 Å². The lowest BCUT2D eigenvalue weighted by atomic mass is 9.82. The third-order valence-electron chi connectivity index (χ3n) is 3.46. The number of amides is 1. The summed E-state index contributed by atoms with van der Waals surface area (Å²) in [6.07, 6.45) is 4.58. The first-order chi connectivity index (χ1) is 9.49. The summed E-state index contributed by atoms with van der Waals surface area (Å²) in [7, 11) is 1.66. The van der Waals surface area contributed by atoms with Gasteiger partial charge in [-0.25, -0.2) is 0 Å². The molecule has 108 valence electrons. The van der Waals surface area contributed by atoms with Gasteiger partial charge in [-0.2, -0.15) is 0 Å². The highest BCUT2D eigenvalue weighted by molar-refractivity contribution is 9.10. The minimum atomic E-state index is -0.915. The lowest BCUT2D eigenvalue weighted by Gasteiger charge is -2.28. The monoisotopic (exact) mass is 341 g/mol. The van der Waals surface area contributed by atoms with Crippen molar-refractivity contribution in [3.63, 3.8) is 0 Å². The first-order valence-electron chi connectivity index (χ1n) is 6.36. The quantitative estimate of drug-likeness (QED) is 0.854. The molecule has 2 atom stereocenters. The topological polar surface area (TPSA) is 70.8 Å². The highest BCUT2D eigenvalue weighted by Crippen LogP contribution is 2.28. The van der Waals surface area contributed by atoms with E-state index < -0.39 is 17.8 Å². The molecule has 0 aliphatic heterocycles. The van der Waals surface area contributed by atoms with Gasteiger partial charge in [0.15, 0.2) is 4.67 Å². The van der Waals surface area contributed by atoms with Gasteiger partial charge < -0.3 is 14.4 Å². The van der Waals surface area contributed by atoms with Gasteiger partial charge in [0.25, 0.3) is 0 Å². The minimum absolute atomic E-state index is 0.158. The number of halogens is 1. The van der Waals surface area contributed by atoms with Crippen molar-refractivity contribution < 1.29 is 19.1 Å². The van der Waals surface area contributed by atoms with Gasteiger partial charge in [-0.15, -0.1) is 0 Å². The number of aliphatic carboxylic acids is 1. The average molecular weight is 342 g/mol. The Kier molecular flexibility index (Phi) is 4.65. The summed E-state index contributed by atoms with van der Waals surface area (Å²) in [5, 5.41) is 9.20. The van der Waals surface area contributed by atoms with E-state index >= 15 is 0 Å². The summed E-state index contributed by atoms with van der Waals surface area (Å²) in [6, 6.07) is 3.54. The van der Waals surface area contributed by atoms with Crippen LogP contribution >= 0.6 is 15.9 Å². The lowest BCUT2D eigenvalue weighted by Crippen LogP contribution is -2.39. The van der Waals surface area contributed by atoms with Crippen LogP contribution in [0.2, 0.25) is 0 Å². The number of rotatable bonds is 4. The summed E-state index contributed by atoms with van der Waals surface area (Å²) in [6.45, 7) is 0.330. The Morgan fingerprint density at radius 3 is 2.55 bits per heavy atom. The van der Waals surface area contributed by atoms with E-state index in [0.717, 1.165) is 0 Å². The van der Waals surface area contributed by atoms with Crippen LogP contribution < -0.4 is 0 Å². The molecule has 0 saturated heterocycles. The number of hydrogen-bond donors (Lipinski definition) is 1. The fourth-order valence-electron chi connectivity index (χ4n) is 2.39. The molecule has 1 heterocycles. The molecule has 2 rings (SSSR count). The molecule has 1 amide bonds. The Hall–Kier alpha value is -1.56. The molecule has 6 heteroatoms. The van der Waals surface area contributed by atoms with Crippen molar-refractivity contribution in [2.45, 2.75) is 19.4 Å². The molecule has 20 heavy (non-hydrogen) atoms. The number of carboxylic acid groups (broad SMARTS) is 1. The minimum Gasteiger partial charge on any atom is -0.481 e. The molecular weight excluding hydrogens is 326 g/mol. The van der Waals surface area contributed by atoms with E-state index in [2.05, 4.69) is 15.9 Å². The van der Waals surface area contributed by atoms with Crippen molar-refractivity contribution in [3.8, 4) is 0 Å². The van der Waals surface area contributed by atoms with Crippen molar-refractivity contribution >= 4 is 27.8 Å². The smallest absolute Gasteiger partial charge is 0.307 e. The molecule has 1 aromatic rings. The summed E-state index contributed by atoms with van der Waals surface area (Å²) in [4.78, 5) is 25.1. The number of hydrogen-bond acceptors (Lipinski definition) is 3. The summed E-state index contributed by atoms with van der Waals surface area (Å²) in [5.74, 6) is -1.55. The van der Waals surface area contributed by atoms with E-state index in [4.69, 9.17) is 4.42 Å². The fourth-order valence-corrected chi connectivity index (χ4v) is 2.73. The standard InChI is InChI=1S/C14H16BrNO4/c1-16(8-9-6-7-12(15)20-9)13(17)10-4-2-3-5-11(10)14(18)19/h2-3,6-7,10-11H,4-5,8H2,1H3,(H,18,19)/t10-,11-/m1/s1. The molecular formula is C14H16BrNO4. The molecule has 0 unspecified atom stereocenters. The zero-order chi connectivity index (χ0) is 14.7. The second-order valence-corrected chi connectivity index (χ2v) is 5.68. The van der Waals surface area contributed by atoms with Crippen molar-refractivity contribution in [3.05, 3.63) is 34.7 Å². The molecule has 5 nitrogen and oxygen atoms in total. The van der Waals surface area contributed by atoms with E-state index in [1.165, 1.54) is 4.90 Å². The van der Waals surface area contributed by atoms with Crippen LogP contribution in [0.15, 0.2) is 33.4 Å². The van der Waals surface area contributed by atoms with Gasteiger partial charge in [0.1, 0.15) is 5.76 Å². The number of allylic oxidation sites excluding steroid dienone is 2. The van der Waals surface area contributed by atoms with Crippen LogP contribution in [-0.4, -0.2) is 28.9 Å². The Morgan fingerprint density at radius 2 is 2.00 bits per heavy atom. The maximum absolute atomic E-state index is 12.4. The molecule has 1 aliphatic carbocycles. The zero-order valence-corrected chi connectivity index (χ0v) is 12.7. The Labute approximate surface area is 125 Å². The van der Waals surface area contributed by atoms with Gasteiger partial charge in [-0.05, 0) is 40.9 Å². The van der Waals surface area contributed by atoms with E-state index in [1.54, 1.807) is 19.2 Å². The van der Waals surface area contributed by atoms with Crippen LogP contribution in [0.1, 0.15) is 18.6 Å². The van der Waals surface area contributed by atoms with Gasteiger partial charge in [0.05, 0.1) is 18.4 Å². The first-order valence-corrected chi connectivity index (χ1v) is 7.15. The number of carbonyl (C=O) groups excluding carboxylic acids is 1. The number of furan rings is 1. The number of nitrogens with zero attached hydrogens (tertiary/aromatic N) is 1. The molecule has 0 saturated carbocycles. The van der Waals surface area contributed by atoms with Crippen LogP contribution in [0, 0.1) is 11.8 Å². The number of carbonyl (C=O) groups is 2. The van der Waals surface area contributed by atoms with Gasteiger partial charge in [-0.1, -0.05) is 12.2 Å². The zero-order valence-electron chi connectivity index (χ0n) is 11.1. The molecule has 0 aromatic carbocycles. The molecule has 1 aliphatic rings. The molecule has 0 radical (unpaired) electrons. The van der Waals surface area contributed by atoms with Crippen molar-refractivity contribution in [1.82, 2.24) is 4.90 Å². The predicted molar refractivity (Wildman–Crippen MR) is 75.9 cm³/mol. The van der Waals surface area contributed by atoms with Crippen LogP contribution in [0.4, 0.5) is 0 Å². The Balaban J connectivity index is 2.05. The first kappa shape index (κ1) is 14.8. The maximum atomic E-state index is 12.4. The molecule has 0 spiro atoms. The SMILES string of the molecule is CN(Cc1ccc(Br)o1)C(=O)[C@@H]1CC=CC[C@H]1C(=O)O. The second kappa shape index (κ2) is 6.26. The third kappa shape index (κ3) is 3.30. The molecule has 0 bridgehead atoms. The summed E-state index contributed by atoms with van der Waals surface area (Å²) >= 11 is 3.21. The van der Waals surface area contributed by atoms with Crippen molar-refractivity contribution in [2.24, 2.45) is 11.8 Å². The van der Waals surface area contributed by atoms with Crippen LogP contribution in [0.25, 0.3) is 0 Å². The Morgan fingerprint density at radius 1 is 1.35 bits per heavy atom. The molecule has 0 fully saturated rings. The van der Waals surface area contributed by atoms with Gasteiger partial charge in [0, 0.05) is 7.05 Å². The van der Waals surface area contributed by atoms with Crippen LogP contribution in [0.3, 0.4) is 0 Å². The highest BCUT2D eigenvalue weighted by atomic mass is 79.9. The number of carboxylic acids is 1. The summed E-state index contributed by atoms with van der Waals surface area (Å²) in [5.41, 5.74) is 0. The van der Waals surface area contributed by atoms with Gasteiger partial charge in [-0.3, -0.25) is 9.59 Å². The van der Waals surface area contributed by atoms with Crippen molar-refractivity contribution in [1.29, 1.82) is 0 Å². The fraction of sp³-hybridized carbons (Fsp3) is 0.429. The van der Waals surface area contributed by atoms with E-state index in [1.807, 2.05) is 12.2 Å². The second-order valence-electron chi connectivity index (χ2n) is 4.89. The molecule has 1 aromatic heterocycles. The lowest BCUT2D eigenvalue weighted by molar-refractivity contribution is -0.150. The van der Waals surface area contributed by atoms with Crippen LogP contribution in [-0.2, 0) is 16.1 Å². The van der Waals surface area contributed by atoms with E-state index in [0.29, 0.717) is 29.8 Å². The maximum Gasteiger partial charge on any atom is 0.307 e. The normalized spacial score (nSPS) is 21.7. The largest absolute Gasteiger partial charge is 0.481 e. The summed E-state index contributed by atoms with van der Waals surface area (Å²) < 4.78 is 5.97. The van der Waals surface area contributed by atoms with E-state index in [-0.39, 0.29) is 5.91 Å². The van der Waals surface area contributed by atoms with Crippen LogP contribution in [0.5, 0.6) is 0 Å². The van der Waals surface area contributed by atoms with Gasteiger partial charge >= 0.3 is 5.97 Å². The Bertz CT molecular complexity index is 537. The van der Waals surface area contributed by atoms with Gasteiger partial charge in [0.2, 0.25) is 5.91 Å².